The van der Waals surface area contributed by atoms with Crippen molar-refractivity contribution in [3.05, 3.63) is 64.6 Å². The van der Waals surface area contributed by atoms with Gasteiger partial charge in [-0.2, -0.15) is 21.9 Å². The van der Waals surface area contributed by atoms with Gasteiger partial charge in [0, 0.05) is 0 Å². The SMILES string of the molecule is Cc1[nH]n(-c2cccc(S(=O)(=O)O)c2)c(=O)c1N=Nc1ccc(S(=O)(=O)CCOS(=O)(=O)O)cc1. The van der Waals surface area contributed by atoms with Crippen molar-refractivity contribution in [1.29, 1.82) is 0 Å². The second-order valence-corrected chi connectivity index (χ2v) is 11.6. The van der Waals surface area contributed by atoms with E-state index in [9.17, 15) is 34.6 Å². The van der Waals surface area contributed by atoms with Crippen LogP contribution in [-0.4, -0.2) is 56.5 Å². The van der Waals surface area contributed by atoms with Crippen molar-refractivity contribution in [3.63, 3.8) is 0 Å². The van der Waals surface area contributed by atoms with E-state index in [4.69, 9.17) is 4.55 Å². The first-order valence-corrected chi connectivity index (χ1v) is 13.9. The fraction of sp³-hybridized carbons (Fsp3) is 0.167. The van der Waals surface area contributed by atoms with E-state index >= 15 is 0 Å². The summed E-state index contributed by atoms with van der Waals surface area (Å²) in [6.07, 6.45) is 0. The molecule has 0 saturated heterocycles. The average Bonchev–Trinajstić information content (AvgIpc) is 3.04. The van der Waals surface area contributed by atoms with Gasteiger partial charge in [0.15, 0.2) is 15.5 Å². The van der Waals surface area contributed by atoms with Gasteiger partial charge in [0.25, 0.3) is 15.7 Å². The smallest absolute Gasteiger partial charge is 0.293 e. The van der Waals surface area contributed by atoms with Crippen LogP contribution in [0.2, 0.25) is 0 Å². The summed E-state index contributed by atoms with van der Waals surface area (Å²) in [6, 6.07) is 10.0. The predicted molar refractivity (Wildman–Crippen MR) is 121 cm³/mol. The van der Waals surface area contributed by atoms with Crippen LogP contribution in [0.3, 0.4) is 0 Å². The first-order chi connectivity index (χ1) is 16.2. The second-order valence-electron chi connectivity index (χ2n) is 6.96. The Labute approximate surface area is 199 Å². The van der Waals surface area contributed by atoms with E-state index in [2.05, 4.69) is 19.5 Å². The fourth-order valence-corrected chi connectivity index (χ4v) is 4.82. The van der Waals surface area contributed by atoms with Crippen molar-refractivity contribution in [2.24, 2.45) is 10.2 Å². The number of hydrogen-bond donors (Lipinski definition) is 3. The summed E-state index contributed by atoms with van der Waals surface area (Å²) in [7, 11) is -13.2. The Hall–Kier alpha value is -3.22. The van der Waals surface area contributed by atoms with Crippen molar-refractivity contribution >= 4 is 41.7 Å². The number of H-pyrrole nitrogens is 1. The third kappa shape index (κ3) is 6.68. The fourth-order valence-electron chi connectivity index (χ4n) is 2.82. The van der Waals surface area contributed by atoms with Crippen LogP contribution in [0.1, 0.15) is 5.69 Å². The molecule has 0 aliphatic carbocycles. The number of azo groups is 1. The molecule has 0 amide bonds. The molecule has 0 saturated carbocycles. The number of aryl methyl sites for hydroxylation is 1. The number of benzene rings is 2. The van der Waals surface area contributed by atoms with E-state index in [-0.39, 0.29) is 22.0 Å². The Balaban J connectivity index is 1.81. The summed E-state index contributed by atoms with van der Waals surface area (Å²) >= 11 is 0. The van der Waals surface area contributed by atoms with Gasteiger partial charge in [-0.15, -0.1) is 5.11 Å². The van der Waals surface area contributed by atoms with Crippen LogP contribution in [0.15, 0.2) is 73.3 Å². The van der Waals surface area contributed by atoms with Crippen LogP contribution >= 0.6 is 0 Å². The molecule has 17 heteroatoms. The summed E-state index contributed by atoms with van der Waals surface area (Å²) < 4.78 is 90.9. The molecule has 0 unspecified atom stereocenters. The first-order valence-electron chi connectivity index (χ1n) is 9.43. The topological polar surface area (TPSA) is 215 Å². The third-order valence-electron chi connectivity index (χ3n) is 4.46. The molecule has 3 aromatic rings. The predicted octanol–water partition coefficient (Wildman–Crippen LogP) is 1.73. The molecule has 0 bridgehead atoms. The molecule has 0 spiro atoms. The molecule has 0 aliphatic rings. The van der Waals surface area contributed by atoms with Gasteiger partial charge in [-0.1, -0.05) is 6.07 Å². The zero-order valence-corrected chi connectivity index (χ0v) is 20.2. The van der Waals surface area contributed by atoms with Gasteiger partial charge in [-0.3, -0.25) is 19.0 Å². The van der Waals surface area contributed by atoms with E-state index in [0.29, 0.717) is 5.69 Å². The molecule has 0 radical (unpaired) electrons. The maximum atomic E-state index is 12.7. The highest BCUT2D eigenvalue weighted by molar-refractivity contribution is 7.91. The van der Waals surface area contributed by atoms with Gasteiger partial charge in [0.2, 0.25) is 0 Å². The van der Waals surface area contributed by atoms with Crippen LogP contribution in [-0.2, 0) is 34.5 Å². The second kappa shape index (κ2) is 9.80. The van der Waals surface area contributed by atoms with Crippen LogP contribution in [0, 0.1) is 6.92 Å². The van der Waals surface area contributed by atoms with E-state index in [1.807, 2.05) is 0 Å². The average molecular weight is 547 g/mol. The van der Waals surface area contributed by atoms with Crippen LogP contribution in [0.5, 0.6) is 0 Å². The highest BCUT2D eigenvalue weighted by atomic mass is 32.3. The van der Waals surface area contributed by atoms with Crippen molar-refractivity contribution < 1.29 is 38.5 Å². The summed E-state index contributed by atoms with van der Waals surface area (Å²) in [5.41, 5.74) is -0.132. The normalized spacial score (nSPS) is 12.9. The zero-order chi connectivity index (χ0) is 26.0. The number of aromatic nitrogens is 2. The monoisotopic (exact) mass is 546 g/mol. The Kier molecular flexibility index (Phi) is 7.39. The van der Waals surface area contributed by atoms with E-state index in [1.54, 1.807) is 0 Å². The number of sulfone groups is 1. The molecule has 14 nitrogen and oxygen atoms in total. The molecule has 0 atom stereocenters. The Morgan fingerprint density at radius 2 is 1.60 bits per heavy atom. The van der Waals surface area contributed by atoms with Gasteiger partial charge in [-0.25, -0.2) is 17.3 Å². The Bertz CT molecular complexity index is 1650. The quantitative estimate of drug-likeness (QED) is 0.261. The maximum absolute atomic E-state index is 12.7. The molecule has 0 aliphatic heterocycles. The molecule has 188 valence electrons. The molecule has 3 rings (SSSR count). The maximum Gasteiger partial charge on any atom is 0.397 e. The minimum Gasteiger partial charge on any atom is -0.293 e. The summed E-state index contributed by atoms with van der Waals surface area (Å²) in [5.74, 6) is -0.700. The largest absolute Gasteiger partial charge is 0.397 e. The van der Waals surface area contributed by atoms with Crippen LogP contribution in [0.4, 0.5) is 11.4 Å². The molecule has 1 heterocycles. The lowest BCUT2D eigenvalue weighted by Gasteiger charge is -2.04. The minimum atomic E-state index is -4.76. The van der Waals surface area contributed by atoms with Crippen LogP contribution < -0.4 is 5.56 Å². The standard InChI is InChI=1S/C18H18N4O10S3/c1-12-17(18(23)22(21-12)14-3-2-4-16(11-14)34(26,27)28)20-19-13-5-7-15(8-6-13)33(24,25)10-9-32-35(29,30)31/h2-8,11,21H,9-10H2,1H3,(H,26,27,28)(H,29,30,31). The van der Waals surface area contributed by atoms with Crippen molar-refractivity contribution in [2.45, 2.75) is 16.7 Å². The molecule has 0 fully saturated rings. The number of aromatic amines is 1. The van der Waals surface area contributed by atoms with Crippen molar-refractivity contribution in [1.82, 2.24) is 9.78 Å². The van der Waals surface area contributed by atoms with Gasteiger partial charge in [-0.05, 0) is 49.4 Å². The highest BCUT2D eigenvalue weighted by Gasteiger charge is 2.17. The molecule has 3 N–H and O–H groups in total. The van der Waals surface area contributed by atoms with Gasteiger partial charge >= 0.3 is 10.4 Å². The lowest BCUT2D eigenvalue weighted by Crippen LogP contribution is -2.15. The lowest BCUT2D eigenvalue weighted by molar-refractivity contribution is 0.284. The van der Waals surface area contributed by atoms with E-state index < -0.39 is 53.2 Å². The third-order valence-corrected chi connectivity index (χ3v) is 7.47. The molecule has 1 aromatic heterocycles. The van der Waals surface area contributed by atoms with Gasteiger partial charge in [0.1, 0.15) is 0 Å². The highest BCUT2D eigenvalue weighted by Crippen LogP contribution is 2.22. The Morgan fingerprint density at radius 3 is 2.20 bits per heavy atom. The number of nitrogens with one attached hydrogen (secondary N) is 1. The van der Waals surface area contributed by atoms with E-state index in [1.165, 1.54) is 43.3 Å². The lowest BCUT2D eigenvalue weighted by atomic mass is 10.3. The molecular weight excluding hydrogens is 528 g/mol. The van der Waals surface area contributed by atoms with Crippen LogP contribution in [0.25, 0.3) is 5.69 Å². The molecular formula is C18H18N4O10S3. The van der Waals surface area contributed by atoms with Crippen molar-refractivity contribution in [3.8, 4) is 5.69 Å². The number of nitrogens with zero attached hydrogens (tertiary/aromatic N) is 3. The van der Waals surface area contributed by atoms with E-state index in [0.717, 1.165) is 16.8 Å². The molecule has 2 aromatic carbocycles. The van der Waals surface area contributed by atoms with Gasteiger partial charge in [0.05, 0.1) is 39.2 Å². The van der Waals surface area contributed by atoms with Gasteiger partial charge < -0.3 is 0 Å². The summed E-state index contributed by atoms with van der Waals surface area (Å²) in [5, 5.41) is 10.5. The zero-order valence-electron chi connectivity index (χ0n) is 17.8. The molecule has 35 heavy (non-hydrogen) atoms. The summed E-state index contributed by atoms with van der Waals surface area (Å²) in [4.78, 5) is 12.2. The number of rotatable bonds is 9. The van der Waals surface area contributed by atoms with Crippen molar-refractivity contribution in [2.75, 3.05) is 12.4 Å². The Morgan fingerprint density at radius 1 is 0.943 bits per heavy atom. The number of hydrogen-bond acceptors (Lipinski definition) is 10. The minimum absolute atomic E-state index is 0.0960. The first kappa shape index (κ1) is 26.4. The summed E-state index contributed by atoms with van der Waals surface area (Å²) in [6.45, 7) is 0.762.